The van der Waals surface area contributed by atoms with Crippen molar-refractivity contribution in [3.63, 3.8) is 0 Å². The molecule has 0 aliphatic carbocycles. The molecule has 0 spiro atoms. The lowest BCUT2D eigenvalue weighted by Gasteiger charge is -2.13. The first-order valence-electron chi connectivity index (χ1n) is 7.16. The largest absolute Gasteiger partial charge is 0.497 e. The van der Waals surface area contributed by atoms with Gasteiger partial charge in [0, 0.05) is 35.3 Å². The van der Waals surface area contributed by atoms with Crippen LogP contribution in [-0.4, -0.2) is 17.1 Å². The van der Waals surface area contributed by atoms with Crippen LogP contribution in [0, 0.1) is 5.82 Å². The van der Waals surface area contributed by atoms with Gasteiger partial charge < -0.3 is 4.74 Å². The van der Waals surface area contributed by atoms with E-state index in [-0.39, 0.29) is 17.7 Å². The summed E-state index contributed by atoms with van der Waals surface area (Å²) in [5.74, 6) is 0.913. The minimum Gasteiger partial charge on any atom is -0.497 e. The Morgan fingerprint density at radius 3 is 2.57 bits per heavy atom. The molecule has 2 aromatic rings. The van der Waals surface area contributed by atoms with Crippen LogP contribution in [0.2, 0.25) is 0 Å². The first kappa shape index (κ1) is 15.4. The van der Waals surface area contributed by atoms with E-state index >= 15 is 0 Å². The summed E-state index contributed by atoms with van der Waals surface area (Å²) < 4.78 is 18.9. The number of hydrogen-bond donors (Lipinski definition) is 0. The monoisotopic (exact) mass is 288 g/mol. The number of nitrogens with zero attached hydrogens (tertiary/aromatic N) is 2. The molecule has 0 aliphatic heterocycles. The van der Waals surface area contributed by atoms with Crippen LogP contribution in [0.25, 0.3) is 0 Å². The number of methoxy groups -OCH3 is 1. The minimum absolute atomic E-state index is 0.148. The fourth-order valence-corrected chi connectivity index (χ4v) is 2.22. The van der Waals surface area contributed by atoms with Gasteiger partial charge in [-0.3, -0.25) is 9.97 Å². The molecule has 0 saturated heterocycles. The molecule has 3 nitrogen and oxygen atoms in total. The topological polar surface area (TPSA) is 35.0 Å². The molecule has 0 N–H and O–H groups in total. The molecule has 1 atom stereocenters. The van der Waals surface area contributed by atoms with Crippen molar-refractivity contribution in [2.45, 2.75) is 39.0 Å². The zero-order chi connectivity index (χ0) is 15.4. The number of pyridine rings is 2. The summed E-state index contributed by atoms with van der Waals surface area (Å²) in [4.78, 5) is 8.90. The third-order valence-corrected chi connectivity index (χ3v) is 3.46. The highest BCUT2D eigenvalue weighted by Gasteiger charge is 2.13. The molecule has 0 fully saturated rings. The van der Waals surface area contributed by atoms with Gasteiger partial charge in [0.05, 0.1) is 7.11 Å². The van der Waals surface area contributed by atoms with Gasteiger partial charge in [0.25, 0.3) is 0 Å². The second kappa shape index (κ2) is 6.66. The maximum absolute atomic E-state index is 13.7. The highest BCUT2D eigenvalue weighted by atomic mass is 19.1. The smallest absolute Gasteiger partial charge is 0.126 e. The lowest BCUT2D eigenvalue weighted by molar-refractivity contribution is 0.413. The molecule has 1 unspecified atom stereocenters. The highest BCUT2D eigenvalue weighted by Crippen LogP contribution is 2.23. The predicted octanol–water partition coefficient (Wildman–Crippen LogP) is 4.09. The van der Waals surface area contributed by atoms with E-state index in [9.17, 15) is 4.39 Å². The van der Waals surface area contributed by atoms with Gasteiger partial charge in [-0.15, -0.1) is 0 Å². The zero-order valence-corrected chi connectivity index (χ0v) is 12.9. The average Bonchev–Trinajstić information content (AvgIpc) is 2.46. The Hall–Kier alpha value is -1.97. The molecule has 0 radical (unpaired) electrons. The molecule has 0 bridgehead atoms. The van der Waals surface area contributed by atoms with Crippen molar-refractivity contribution in [1.29, 1.82) is 0 Å². The van der Waals surface area contributed by atoms with Crippen molar-refractivity contribution in [2.24, 2.45) is 0 Å². The van der Waals surface area contributed by atoms with E-state index < -0.39 is 0 Å². The minimum atomic E-state index is -0.227. The summed E-state index contributed by atoms with van der Waals surface area (Å²) in [6.07, 6.45) is 2.38. The summed E-state index contributed by atoms with van der Waals surface area (Å²) >= 11 is 0. The van der Waals surface area contributed by atoms with Crippen LogP contribution in [0.1, 0.15) is 49.7 Å². The van der Waals surface area contributed by atoms with Crippen LogP contribution in [0.5, 0.6) is 5.75 Å². The number of rotatable bonds is 5. The van der Waals surface area contributed by atoms with Crippen molar-refractivity contribution in [3.8, 4) is 5.75 Å². The van der Waals surface area contributed by atoms with Gasteiger partial charge in [-0.1, -0.05) is 20.8 Å². The normalized spacial score (nSPS) is 12.5. The summed E-state index contributed by atoms with van der Waals surface area (Å²) in [5, 5.41) is 0. The van der Waals surface area contributed by atoms with Crippen molar-refractivity contribution in [1.82, 2.24) is 9.97 Å². The summed E-state index contributed by atoms with van der Waals surface area (Å²) in [6.45, 7) is 6.08. The lowest BCUT2D eigenvalue weighted by Crippen LogP contribution is -2.06. The SMILES string of the molecule is COc1ccnc(C(C)Cc2cc(F)cc(C(C)C)n2)c1. The molecular formula is C17H21FN2O. The third kappa shape index (κ3) is 4.00. The van der Waals surface area contributed by atoms with E-state index in [0.717, 1.165) is 22.8 Å². The fraction of sp³-hybridized carbons (Fsp3) is 0.412. The van der Waals surface area contributed by atoms with Crippen LogP contribution in [-0.2, 0) is 6.42 Å². The first-order valence-corrected chi connectivity index (χ1v) is 7.16. The Morgan fingerprint density at radius 1 is 1.14 bits per heavy atom. The Labute approximate surface area is 125 Å². The van der Waals surface area contributed by atoms with Gasteiger partial charge >= 0.3 is 0 Å². The molecule has 0 amide bonds. The zero-order valence-electron chi connectivity index (χ0n) is 12.9. The van der Waals surface area contributed by atoms with Crippen molar-refractivity contribution in [2.75, 3.05) is 7.11 Å². The van der Waals surface area contributed by atoms with Crippen LogP contribution in [0.4, 0.5) is 4.39 Å². The fourth-order valence-electron chi connectivity index (χ4n) is 2.22. The summed E-state index contributed by atoms with van der Waals surface area (Å²) in [6, 6.07) is 6.73. The van der Waals surface area contributed by atoms with Gasteiger partial charge in [0.2, 0.25) is 0 Å². The molecule has 2 heterocycles. The Kier molecular flexibility index (Phi) is 4.89. The maximum Gasteiger partial charge on any atom is 0.126 e. The number of hydrogen-bond acceptors (Lipinski definition) is 3. The molecule has 4 heteroatoms. The third-order valence-electron chi connectivity index (χ3n) is 3.46. The Morgan fingerprint density at radius 2 is 1.90 bits per heavy atom. The van der Waals surface area contributed by atoms with Gasteiger partial charge in [0.1, 0.15) is 11.6 Å². The van der Waals surface area contributed by atoms with Gasteiger partial charge in [-0.25, -0.2) is 4.39 Å². The Balaban J connectivity index is 2.20. The van der Waals surface area contributed by atoms with E-state index in [1.54, 1.807) is 13.3 Å². The van der Waals surface area contributed by atoms with E-state index in [1.165, 1.54) is 12.1 Å². The van der Waals surface area contributed by atoms with Gasteiger partial charge in [-0.2, -0.15) is 0 Å². The molecular weight excluding hydrogens is 267 g/mol. The van der Waals surface area contributed by atoms with Crippen LogP contribution in [0.3, 0.4) is 0 Å². The predicted molar refractivity (Wildman–Crippen MR) is 81.2 cm³/mol. The summed E-state index contributed by atoms with van der Waals surface area (Å²) in [5.41, 5.74) is 2.47. The van der Waals surface area contributed by atoms with Crippen LogP contribution in [0.15, 0.2) is 30.5 Å². The van der Waals surface area contributed by atoms with E-state index in [4.69, 9.17) is 4.74 Å². The van der Waals surface area contributed by atoms with Gasteiger partial charge in [0.15, 0.2) is 0 Å². The second-order valence-electron chi connectivity index (χ2n) is 5.58. The molecule has 0 saturated carbocycles. The lowest BCUT2D eigenvalue weighted by atomic mass is 9.99. The standard InChI is InChI=1S/C17H21FN2O/c1-11(2)16-9-13(18)8-14(20-16)7-12(3)17-10-15(21-4)5-6-19-17/h5-6,8-12H,7H2,1-4H3. The molecule has 2 rings (SSSR count). The van der Waals surface area contributed by atoms with Crippen molar-refractivity contribution >= 4 is 0 Å². The number of halogens is 1. The maximum atomic E-state index is 13.7. The summed E-state index contributed by atoms with van der Waals surface area (Å²) in [7, 11) is 1.63. The van der Waals surface area contributed by atoms with E-state index in [0.29, 0.717) is 6.42 Å². The van der Waals surface area contributed by atoms with E-state index in [1.807, 2.05) is 26.0 Å². The number of ether oxygens (including phenoxy) is 1. The van der Waals surface area contributed by atoms with E-state index in [2.05, 4.69) is 16.9 Å². The average molecular weight is 288 g/mol. The van der Waals surface area contributed by atoms with Crippen molar-refractivity contribution < 1.29 is 9.13 Å². The first-order chi connectivity index (χ1) is 9.99. The molecule has 21 heavy (non-hydrogen) atoms. The van der Waals surface area contributed by atoms with Crippen LogP contribution >= 0.6 is 0 Å². The van der Waals surface area contributed by atoms with Gasteiger partial charge in [-0.05, 0) is 30.5 Å². The second-order valence-corrected chi connectivity index (χ2v) is 5.58. The molecule has 0 aliphatic rings. The molecule has 0 aromatic carbocycles. The number of aromatic nitrogens is 2. The van der Waals surface area contributed by atoms with Crippen molar-refractivity contribution in [3.05, 3.63) is 53.4 Å². The quantitative estimate of drug-likeness (QED) is 0.831. The Bertz CT molecular complexity index is 613. The highest BCUT2D eigenvalue weighted by molar-refractivity contribution is 5.25. The molecule has 112 valence electrons. The molecule has 2 aromatic heterocycles. The van der Waals surface area contributed by atoms with Crippen LogP contribution < -0.4 is 4.74 Å².